The van der Waals surface area contributed by atoms with Crippen molar-refractivity contribution in [2.75, 3.05) is 4.90 Å². The topological polar surface area (TPSA) is 47.4 Å². The molecule has 0 N–H and O–H groups in total. The smallest absolute Gasteiger partial charge is 0.415 e. The predicted octanol–water partition coefficient (Wildman–Crippen LogP) is 6.40. The molecule has 0 bridgehead atoms. The number of carbonyl (C=O) groups excluding carboxylic acids is 1. The summed E-state index contributed by atoms with van der Waals surface area (Å²) in [6.45, 7) is 4.28. The lowest BCUT2D eigenvalue weighted by atomic mass is 10.2. The van der Waals surface area contributed by atoms with Gasteiger partial charge in [0.05, 0.1) is 23.3 Å². The predicted molar refractivity (Wildman–Crippen MR) is 107 cm³/mol. The SMILES string of the molecule is Cc1cn(C(F)F)c2c(N(Cc3cccs3)C(=O)OC(C)(C)C)cc(Cl)nc12. The molecule has 0 fully saturated rings. The molecule has 28 heavy (non-hydrogen) atoms. The maximum absolute atomic E-state index is 13.7. The van der Waals surface area contributed by atoms with Gasteiger partial charge in [0, 0.05) is 17.1 Å². The Hall–Kier alpha value is -2.19. The van der Waals surface area contributed by atoms with Gasteiger partial charge < -0.3 is 4.74 Å². The summed E-state index contributed by atoms with van der Waals surface area (Å²) in [5.41, 5.74) is 0.480. The third-order valence-corrected chi connectivity index (χ3v) is 4.97. The van der Waals surface area contributed by atoms with E-state index >= 15 is 0 Å². The van der Waals surface area contributed by atoms with Crippen LogP contribution in [0.15, 0.2) is 29.8 Å². The number of amides is 1. The summed E-state index contributed by atoms with van der Waals surface area (Å²) in [5.74, 6) is 0. The highest BCUT2D eigenvalue weighted by molar-refractivity contribution is 7.09. The van der Waals surface area contributed by atoms with Crippen molar-refractivity contribution in [1.29, 1.82) is 0 Å². The van der Waals surface area contributed by atoms with Gasteiger partial charge in [0.1, 0.15) is 10.8 Å². The minimum Gasteiger partial charge on any atom is -0.443 e. The van der Waals surface area contributed by atoms with Gasteiger partial charge in [-0.3, -0.25) is 9.47 Å². The molecule has 150 valence electrons. The highest BCUT2D eigenvalue weighted by Crippen LogP contribution is 2.36. The number of pyridine rings is 1. The van der Waals surface area contributed by atoms with Crippen LogP contribution in [0.5, 0.6) is 0 Å². The van der Waals surface area contributed by atoms with Crippen LogP contribution in [0.2, 0.25) is 5.15 Å². The van der Waals surface area contributed by atoms with Crippen molar-refractivity contribution in [3.05, 3.63) is 45.4 Å². The van der Waals surface area contributed by atoms with Crippen molar-refractivity contribution in [3.63, 3.8) is 0 Å². The number of aryl methyl sites for hydroxylation is 1. The Balaban J connectivity index is 2.21. The summed E-state index contributed by atoms with van der Waals surface area (Å²) in [6, 6.07) is 5.13. The number of halogens is 3. The molecule has 0 atom stereocenters. The minimum atomic E-state index is -2.79. The lowest BCUT2D eigenvalue weighted by molar-refractivity contribution is 0.0575. The average Bonchev–Trinajstić information content (AvgIpc) is 3.19. The van der Waals surface area contributed by atoms with Crippen molar-refractivity contribution >= 4 is 45.8 Å². The first-order valence-electron chi connectivity index (χ1n) is 8.55. The van der Waals surface area contributed by atoms with E-state index in [2.05, 4.69) is 4.98 Å². The van der Waals surface area contributed by atoms with E-state index in [0.29, 0.717) is 11.1 Å². The number of aromatic nitrogens is 2. The molecular weight excluding hydrogens is 408 g/mol. The van der Waals surface area contributed by atoms with E-state index in [1.807, 2.05) is 17.5 Å². The third-order valence-electron chi connectivity index (χ3n) is 3.91. The number of anilines is 1. The molecule has 3 heterocycles. The molecule has 0 radical (unpaired) electrons. The number of fused-ring (bicyclic) bond motifs is 1. The molecule has 0 saturated heterocycles. The van der Waals surface area contributed by atoms with Crippen LogP contribution in [0.4, 0.5) is 19.3 Å². The lowest BCUT2D eigenvalue weighted by Crippen LogP contribution is -2.36. The molecule has 0 unspecified atom stereocenters. The molecule has 3 rings (SSSR count). The van der Waals surface area contributed by atoms with Gasteiger partial charge in [-0.15, -0.1) is 11.3 Å². The fraction of sp³-hybridized carbons (Fsp3) is 0.368. The molecule has 0 aliphatic heterocycles. The zero-order valence-corrected chi connectivity index (χ0v) is 17.4. The van der Waals surface area contributed by atoms with E-state index in [4.69, 9.17) is 16.3 Å². The number of carbonyl (C=O) groups is 1. The Morgan fingerprint density at radius 3 is 2.71 bits per heavy atom. The van der Waals surface area contributed by atoms with Gasteiger partial charge >= 0.3 is 12.6 Å². The van der Waals surface area contributed by atoms with Gasteiger partial charge in [-0.2, -0.15) is 8.78 Å². The van der Waals surface area contributed by atoms with Gasteiger partial charge in [0.25, 0.3) is 0 Å². The first kappa shape index (κ1) is 20.5. The van der Waals surface area contributed by atoms with Crippen molar-refractivity contribution < 1.29 is 18.3 Å². The Morgan fingerprint density at radius 2 is 2.14 bits per heavy atom. The standard InChI is InChI=1S/C19H20ClF2N3O2S/c1-11-9-25(17(21)22)16-13(8-14(20)23-15(11)16)24(10-12-6-5-7-28-12)18(26)27-19(2,3)4/h5-9,17H,10H2,1-4H3. The second kappa shape index (κ2) is 7.67. The van der Waals surface area contributed by atoms with Gasteiger partial charge in [0.15, 0.2) is 0 Å². The van der Waals surface area contributed by atoms with E-state index in [1.165, 1.54) is 28.5 Å². The molecule has 0 aliphatic carbocycles. The Bertz CT molecular complexity index is 997. The van der Waals surface area contributed by atoms with Crippen molar-refractivity contribution in [3.8, 4) is 0 Å². The average molecular weight is 428 g/mol. The second-order valence-corrected chi connectivity index (χ2v) is 8.72. The number of thiophene rings is 1. The number of ether oxygens (including phenoxy) is 1. The summed E-state index contributed by atoms with van der Waals surface area (Å²) in [6.07, 6.45) is 0.657. The third kappa shape index (κ3) is 4.28. The zero-order valence-electron chi connectivity index (χ0n) is 15.9. The van der Waals surface area contributed by atoms with E-state index in [0.717, 1.165) is 9.44 Å². The van der Waals surface area contributed by atoms with Crippen LogP contribution >= 0.6 is 22.9 Å². The molecule has 3 aromatic rings. The number of nitrogens with zero attached hydrogens (tertiary/aromatic N) is 3. The number of rotatable bonds is 4. The number of alkyl halides is 2. The van der Waals surface area contributed by atoms with Crippen LogP contribution in [-0.4, -0.2) is 21.2 Å². The maximum atomic E-state index is 13.7. The van der Waals surface area contributed by atoms with E-state index in [1.54, 1.807) is 27.7 Å². The van der Waals surface area contributed by atoms with Crippen LogP contribution in [0.1, 0.15) is 37.8 Å². The lowest BCUT2D eigenvalue weighted by Gasteiger charge is -2.28. The molecule has 9 heteroatoms. The van der Waals surface area contributed by atoms with Crippen LogP contribution < -0.4 is 4.90 Å². The summed E-state index contributed by atoms with van der Waals surface area (Å²) in [4.78, 5) is 19.4. The monoisotopic (exact) mass is 427 g/mol. The van der Waals surface area contributed by atoms with E-state index < -0.39 is 18.2 Å². The molecule has 0 aromatic carbocycles. The Morgan fingerprint density at radius 1 is 1.43 bits per heavy atom. The first-order valence-corrected chi connectivity index (χ1v) is 9.81. The van der Waals surface area contributed by atoms with Crippen molar-refractivity contribution in [2.45, 2.75) is 46.4 Å². The summed E-state index contributed by atoms with van der Waals surface area (Å²) in [5, 5.41) is 1.99. The fourth-order valence-corrected chi connectivity index (χ4v) is 3.72. The highest BCUT2D eigenvalue weighted by atomic mass is 35.5. The zero-order chi connectivity index (χ0) is 20.6. The highest BCUT2D eigenvalue weighted by Gasteiger charge is 2.28. The molecule has 5 nitrogen and oxygen atoms in total. The van der Waals surface area contributed by atoms with Gasteiger partial charge in [-0.1, -0.05) is 17.7 Å². The van der Waals surface area contributed by atoms with Crippen LogP contribution in [0.25, 0.3) is 11.0 Å². The molecule has 0 aliphatic rings. The maximum Gasteiger partial charge on any atom is 0.415 e. The molecule has 0 spiro atoms. The number of hydrogen-bond acceptors (Lipinski definition) is 4. The Kier molecular flexibility index (Phi) is 5.63. The van der Waals surface area contributed by atoms with E-state index in [-0.39, 0.29) is 22.9 Å². The largest absolute Gasteiger partial charge is 0.443 e. The van der Waals surface area contributed by atoms with Gasteiger partial charge in [-0.05, 0) is 44.7 Å². The molecule has 1 amide bonds. The number of hydrogen-bond donors (Lipinski definition) is 0. The van der Waals surface area contributed by atoms with E-state index in [9.17, 15) is 13.6 Å². The fourth-order valence-electron chi connectivity index (χ4n) is 2.84. The van der Waals surface area contributed by atoms with Crippen molar-refractivity contribution in [1.82, 2.24) is 9.55 Å². The van der Waals surface area contributed by atoms with Crippen molar-refractivity contribution in [2.24, 2.45) is 0 Å². The first-order chi connectivity index (χ1) is 13.1. The molecular formula is C19H20ClF2N3O2S. The minimum absolute atomic E-state index is 0.109. The molecule has 3 aromatic heterocycles. The van der Waals surface area contributed by atoms with Gasteiger partial charge in [-0.25, -0.2) is 9.78 Å². The Labute approximate surface area is 170 Å². The quantitative estimate of drug-likeness (QED) is 0.453. The normalized spacial score (nSPS) is 12.0. The summed E-state index contributed by atoms with van der Waals surface area (Å²) in [7, 11) is 0. The van der Waals surface area contributed by atoms with Crippen LogP contribution in [0, 0.1) is 6.92 Å². The second-order valence-electron chi connectivity index (χ2n) is 7.30. The van der Waals surface area contributed by atoms with Gasteiger partial charge in [0.2, 0.25) is 0 Å². The summed E-state index contributed by atoms with van der Waals surface area (Å²) < 4.78 is 33.7. The summed E-state index contributed by atoms with van der Waals surface area (Å²) >= 11 is 7.62. The van der Waals surface area contributed by atoms with Crippen LogP contribution in [0.3, 0.4) is 0 Å². The molecule has 0 saturated carbocycles. The van der Waals surface area contributed by atoms with Crippen LogP contribution in [-0.2, 0) is 11.3 Å².